The van der Waals surface area contributed by atoms with Gasteiger partial charge in [-0.3, -0.25) is 9.59 Å². The zero-order valence-corrected chi connectivity index (χ0v) is 17.2. The predicted molar refractivity (Wildman–Crippen MR) is 99.2 cm³/mol. The number of hydrogen-bond donors (Lipinski definition) is 1. The van der Waals surface area contributed by atoms with Gasteiger partial charge in [0.05, 0.1) is 10.5 Å². The number of rotatable bonds is 4. The van der Waals surface area contributed by atoms with Crippen molar-refractivity contribution in [2.24, 2.45) is 5.14 Å². The molecule has 9 nitrogen and oxygen atoms in total. The number of carbonyl (C=O) groups excluding carboxylic acids is 3. The van der Waals surface area contributed by atoms with Gasteiger partial charge in [-0.05, 0) is 41.1 Å². The van der Waals surface area contributed by atoms with Crippen LogP contribution >= 0.6 is 15.9 Å². The van der Waals surface area contributed by atoms with Gasteiger partial charge in [-0.2, -0.15) is 0 Å². The smallest absolute Gasteiger partial charge is 0.340 e. The summed E-state index contributed by atoms with van der Waals surface area (Å²) in [6.45, 7) is 4.45. The molecule has 0 aliphatic carbocycles. The molecule has 0 radical (unpaired) electrons. The first-order chi connectivity index (χ1) is 12.5. The molecular weight excluding hydrogens is 442 g/mol. The van der Waals surface area contributed by atoms with Crippen LogP contribution in [0.4, 0.5) is 0 Å². The van der Waals surface area contributed by atoms with Crippen LogP contribution in [0.25, 0.3) is 0 Å². The molecule has 11 heteroatoms. The van der Waals surface area contributed by atoms with Crippen LogP contribution in [0.15, 0.2) is 27.6 Å². The number of benzene rings is 1. The molecule has 1 aromatic rings. The summed E-state index contributed by atoms with van der Waals surface area (Å²) in [6, 6.07) is 3.70. The molecule has 0 saturated carbocycles. The number of nitrogens with zero attached hydrogens (tertiary/aromatic N) is 2. The summed E-state index contributed by atoms with van der Waals surface area (Å²) >= 11 is 3.15. The number of piperazine rings is 1. The van der Waals surface area contributed by atoms with E-state index in [0.29, 0.717) is 30.7 Å². The van der Waals surface area contributed by atoms with Crippen LogP contribution in [0.2, 0.25) is 0 Å². The van der Waals surface area contributed by atoms with Crippen LogP contribution in [-0.4, -0.2) is 68.3 Å². The number of primary sulfonamides is 1. The molecule has 1 saturated heterocycles. The van der Waals surface area contributed by atoms with E-state index in [0.717, 1.165) is 6.07 Å². The molecule has 0 bridgehead atoms. The number of sulfonamides is 1. The third-order valence-corrected chi connectivity index (χ3v) is 5.76. The quantitative estimate of drug-likeness (QED) is 0.643. The Kier molecular flexibility index (Phi) is 6.60. The molecule has 27 heavy (non-hydrogen) atoms. The summed E-state index contributed by atoms with van der Waals surface area (Å²) in [5.74, 6) is -1.29. The second-order valence-corrected chi connectivity index (χ2v) is 8.48. The van der Waals surface area contributed by atoms with Crippen molar-refractivity contribution in [2.45, 2.75) is 24.8 Å². The van der Waals surface area contributed by atoms with Gasteiger partial charge in [-0.1, -0.05) is 0 Å². The van der Waals surface area contributed by atoms with E-state index in [2.05, 4.69) is 15.9 Å². The fourth-order valence-corrected chi connectivity index (χ4v) is 3.56. The largest absolute Gasteiger partial charge is 0.449 e. The maximum atomic E-state index is 12.5. The van der Waals surface area contributed by atoms with Gasteiger partial charge in [-0.25, -0.2) is 18.4 Å². The Labute approximate surface area is 165 Å². The van der Waals surface area contributed by atoms with E-state index in [4.69, 9.17) is 9.88 Å². The topological polar surface area (TPSA) is 127 Å². The Balaban J connectivity index is 2.05. The summed E-state index contributed by atoms with van der Waals surface area (Å²) < 4.78 is 28.4. The van der Waals surface area contributed by atoms with Crippen LogP contribution < -0.4 is 5.14 Å². The molecule has 0 spiro atoms. The van der Waals surface area contributed by atoms with Crippen molar-refractivity contribution in [1.29, 1.82) is 0 Å². The van der Waals surface area contributed by atoms with Gasteiger partial charge < -0.3 is 14.5 Å². The molecule has 1 atom stereocenters. The fraction of sp³-hybridized carbons (Fsp3) is 0.438. The molecule has 1 unspecified atom stereocenters. The number of hydrogen-bond acceptors (Lipinski definition) is 6. The molecule has 1 aromatic carbocycles. The van der Waals surface area contributed by atoms with Crippen molar-refractivity contribution in [2.75, 3.05) is 26.2 Å². The lowest BCUT2D eigenvalue weighted by Gasteiger charge is -2.35. The van der Waals surface area contributed by atoms with Gasteiger partial charge in [-0.15, -0.1) is 0 Å². The summed E-state index contributed by atoms with van der Waals surface area (Å²) in [7, 11) is -3.99. The third-order valence-electron chi connectivity index (χ3n) is 4.15. The van der Waals surface area contributed by atoms with E-state index in [9.17, 15) is 22.8 Å². The number of ether oxygens (including phenoxy) is 1. The average Bonchev–Trinajstić information content (AvgIpc) is 2.60. The van der Waals surface area contributed by atoms with E-state index in [-0.39, 0.29) is 22.3 Å². The first kappa shape index (κ1) is 21.3. The van der Waals surface area contributed by atoms with Crippen molar-refractivity contribution in [1.82, 2.24) is 9.80 Å². The molecule has 2 rings (SSSR count). The standard InChI is InChI=1S/C16H20BrN3O6S/c1-10(15(22)20-7-5-19(6-8-20)11(2)21)26-16(23)13-9-12(27(18,24)25)3-4-14(13)17/h3-4,9-10H,5-8H2,1-2H3,(H2,18,24,25). The third kappa shape index (κ3) is 5.27. The maximum Gasteiger partial charge on any atom is 0.340 e. The normalized spacial score (nSPS) is 16.0. The van der Waals surface area contributed by atoms with E-state index < -0.39 is 22.1 Å². The molecule has 0 aromatic heterocycles. The van der Waals surface area contributed by atoms with E-state index in [1.54, 1.807) is 4.90 Å². The lowest BCUT2D eigenvalue weighted by Crippen LogP contribution is -2.52. The minimum absolute atomic E-state index is 0.0532. The molecule has 1 aliphatic rings. The van der Waals surface area contributed by atoms with Gasteiger partial charge in [0.2, 0.25) is 15.9 Å². The highest BCUT2D eigenvalue weighted by Crippen LogP contribution is 2.22. The number of halogens is 1. The summed E-state index contributed by atoms with van der Waals surface area (Å²) in [4.78, 5) is 39.1. The summed E-state index contributed by atoms with van der Waals surface area (Å²) in [5, 5.41) is 5.07. The van der Waals surface area contributed by atoms with Gasteiger partial charge >= 0.3 is 5.97 Å². The lowest BCUT2D eigenvalue weighted by molar-refractivity contribution is -0.144. The van der Waals surface area contributed by atoms with Gasteiger partial charge in [0, 0.05) is 37.6 Å². The Morgan fingerprint density at radius 2 is 1.70 bits per heavy atom. The molecule has 1 fully saturated rings. The van der Waals surface area contributed by atoms with Gasteiger partial charge in [0.1, 0.15) is 0 Å². The molecule has 1 heterocycles. The Morgan fingerprint density at radius 1 is 1.15 bits per heavy atom. The number of carbonyl (C=O) groups is 3. The Hall–Kier alpha value is -1.98. The number of nitrogens with two attached hydrogens (primary N) is 1. The highest BCUT2D eigenvalue weighted by Gasteiger charge is 2.28. The van der Waals surface area contributed by atoms with Crippen LogP contribution in [-0.2, 0) is 24.3 Å². The van der Waals surface area contributed by atoms with Crippen molar-refractivity contribution in [3.05, 3.63) is 28.2 Å². The first-order valence-electron chi connectivity index (χ1n) is 8.08. The van der Waals surface area contributed by atoms with Crippen LogP contribution in [0.3, 0.4) is 0 Å². The molecular formula is C16H20BrN3O6S. The monoisotopic (exact) mass is 461 g/mol. The van der Waals surface area contributed by atoms with Crippen LogP contribution in [0, 0.1) is 0 Å². The fourth-order valence-electron chi connectivity index (χ4n) is 2.61. The number of amides is 2. The minimum atomic E-state index is -3.99. The predicted octanol–water partition coefficient (Wildman–Crippen LogP) is 0.333. The Bertz CT molecular complexity index is 865. The van der Waals surface area contributed by atoms with Crippen molar-refractivity contribution < 1.29 is 27.5 Å². The van der Waals surface area contributed by atoms with Crippen LogP contribution in [0.1, 0.15) is 24.2 Å². The molecule has 1 aliphatic heterocycles. The van der Waals surface area contributed by atoms with Crippen LogP contribution in [0.5, 0.6) is 0 Å². The Morgan fingerprint density at radius 3 is 2.22 bits per heavy atom. The SMILES string of the molecule is CC(=O)N1CCN(C(=O)C(C)OC(=O)c2cc(S(N)(=O)=O)ccc2Br)CC1. The molecule has 2 amide bonds. The van der Waals surface area contributed by atoms with Crippen molar-refractivity contribution >= 4 is 43.7 Å². The first-order valence-corrected chi connectivity index (χ1v) is 10.4. The van der Waals surface area contributed by atoms with Gasteiger partial charge in [0.15, 0.2) is 6.10 Å². The number of esters is 1. The second-order valence-electron chi connectivity index (χ2n) is 6.07. The van der Waals surface area contributed by atoms with Crippen molar-refractivity contribution in [3.8, 4) is 0 Å². The van der Waals surface area contributed by atoms with Crippen molar-refractivity contribution in [3.63, 3.8) is 0 Å². The van der Waals surface area contributed by atoms with E-state index in [1.165, 1.54) is 30.9 Å². The maximum absolute atomic E-state index is 12.5. The highest BCUT2D eigenvalue weighted by atomic mass is 79.9. The zero-order chi connectivity index (χ0) is 20.4. The van der Waals surface area contributed by atoms with E-state index in [1.807, 2.05) is 0 Å². The average molecular weight is 462 g/mol. The summed E-state index contributed by atoms with van der Waals surface area (Å²) in [6.07, 6.45) is -1.06. The molecule has 148 valence electrons. The second kappa shape index (κ2) is 8.36. The molecule has 2 N–H and O–H groups in total. The van der Waals surface area contributed by atoms with E-state index >= 15 is 0 Å². The van der Waals surface area contributed by atoms with Gasteiger partial charge in [0.25, 0.3) is 5.91 Å². The minimum Gasteiger partial charge on any atom is -0.449 e. The highest BCUT2D eigenvalue weighted by molar-refractivity contribution is 9.10. The zero-order valence-electron chi connectivity index (χ0n) is 14.8. The summed E-state index contributed by atoms with van der Waals surface area (Å²) in [5.41, 5.74) is -0.0532. The lowest BCUT2D eigenvalue weighted by atomic mass is 10.2.